The van der Waals surface area contributed by atoms with Gasteiger partial charge in [0.05, 0.1) is 18.4 Å². The monoisotopic (exact) mass is 414 g/mol. The number of esters is 2. The molecule has 1 saturated heterocycles. The van der Waals surface area contributed by atoms with Crippen molar-refractivity contribution >= 4 is 11.9 Å². The molecule has 2 fully saturated rings. The Morgan fingerprint density at radius 2 is 2.07 bits per heavy atom. The number of carbonyl (C=O) groups is 2. The number of rotatable bonds is 4. The third-order valence-corrected chi connectivity index (χ3v) is 8.05. The second-order valence-electron chi connectivity index (χ2n) is 10.4. The van der Waals surface area contributed by atoms with E-state index in [-0.39, 0.29) is 46.6 Å². The van der Waals surface area contributed by atoms with Gasteiger partial charge in [0.1, 0.15) is 12.2 Å². The van der Waals surface area contributed by atoms with Crippen molar-refractivity contribution in [3.05, 3.63) is 35.8 Å². The summed E-state index contributed by atoms with van der Waals surface area (Å²) >= 11 is 0. The lowest BCUT2D eigenvalue weighted by atomic mass is 9.47. The van der Waals surface area contributed by atoms with E-state index in [9.17, 15) is 9.59 Å². The molecule has 1 aromatic rings. The second-order valence-corrected chi connectivity index (χ2v) is 10.4. The van der Waals surface area contributed by atoms with E-state index in [4.69, 9.17) is 13.9 Å². The van der Waals surface area contributed by atoms with Gasteiger partial charge in [-0.05, 0) is 48.7 Å². The van der Waals surface area contributed by atoms with Gasteiger partial charge in [-0.25, -0.2) is 4.79 Å². The molecule has 1 aromatic heterocycles. The van der Waals surface area contributed by atoms with E-state index >= 15 is 0 Å². The third-order valence-electron chi connectivity index (χ3n) is 8.05. The molecule has 2 aliphatic carbocycles. The highest BCUT2D eigenvalue weighted by Crippen LogP contribution is 2.63. The molecule has 1 saturated carbocycles. The van der Waals surface area contributed by atoms with Crippen LogP contribution in [0.1, 0.15) is 78.4 Å². The van der Waals surface area contributed by atoms with Crippen molar-refractivity contribution in [2.45, 2.75) is 78.9 Å². The zero-order valence-corrected chi connectivity index (χ0v) is 18.8. The Balaban J connectivity index is 1.74. The molecule has 0 aromatic carbocycles. The summed E-state index contributed by atoms with van der Waals surface area (Å²) in [5, 5.41) is 0. The maximum atomic E-state index is 13.1. The van der Waals surface area contributed by atoms with Crippen molar-refractivity contribution < 1.29 is 23.5 Å². The molecule has 0 unspecified atom stereocenters. The summed E-state index contributed by atoms with van der Waals surface area (Å²) in [5.74, 6) is -0.367. The van der Waals surface area contributed by atoms with Crippen LogP contribution in [-0.2, 0) is 19.1 Å². The Morgan fingerprint density at radius 3 is 2.73 bits per heavy atom. The predicted molar refractivity (Wildman–Crippen MR) is 112 cm³/mol. The van der Waals surface area contributed by atoms with Crippen LogP contribution in [0.15, 0.2) is 34.7 Å². The first-order chi connectivity index (χ1) is 14.2. The summed E-state index contributed by atoms with van der Waals surface area (Å²) in [6.45, 7) is 10.8. The van der Waals surface area contributed by atoms with Crippen molar-refractivity contribution in [2.24, 2.45) is 28.6 Å². The first-order valence-electron chi connectivity index (χ1n) is 11.3. The van der Waals surface area contributed by atoms with E-state index < -0.39 is 6.10 Å². The van der Waals surface area contributed by atoms with Crippen molar-refractivity contribution in [2.75, 3.05) is 0 Å². The lowest BCUT2D eigenvalue weighted by Crippen LogP contribution is -2.57. The van der Waals surface area contributed by atoms with Crippen LogP contribution in [-0.4, -0.2) is 18.0 Å². The summed E-state index contributed by atoms with van der Waals surface area (Å²) in [4.78, 5) is 25.8. The van der Waals surface area contributed by atoms with E-state index in [1.807, 2.05) is 26.0 Å². The van der Waals surface area contributed by atoms with Crippen molar-refractivity contribution in [1.29, 1.82) is 0 Å². The Morgan fingerprint density at radius 1 is 1.30 bits per heavy atom. The predicted octanol–water partition coefficient (Wildman–Crippen LogP) is 5.61. The molecule has 0 radical (unpaired) electrons. The highest BCUT2D eigenvalue weighted by Gasteiger charge is 2.60. The van der Waals surface area contributed by atoms with Crippen LogP contribution in [0.2, 0.25) is 0 Å². The molecule has 4 rings (SSSR count). The number of hydrogen-bond acceptors (Lipinski definition) is 5. The van der Waals surface area contributed by atoms with Gasteiger partial charge < -0.3 is 13.9 Å². The minimum Gasteiger partial charge on any atom is -0.472 e. The quantitative estimate of drug-likeness (QED) is 0.599. The van der Waals surface area contributed by atoms with Crippen LogP contribution >= 0.6 is 0 Å². The van der Waals surface area contributed by atoms with Crippen molar-refractivity contribution in [3.63, 3.8) is 0 Å². The summed E-state index contributed by atoms with van der Waals surface area (Å²) in [6.07, 6.45) is 9.22. The zero-order valence-electron chi connectivity index (χ0n) is 18.8. The topological polar surface area (TPSA) is 65.7 Å². The number of cyclic esters (lactones) is 1. The molecule has 3 aliphatic rings. The number of furan rings is 1. The van der Waals surface area contributed by atoms with Gasteiger partial charge in [0.25, 0.3) is 0 Å². The van der Waals surface area contributed by atoms with Gasteiger partial charge in [-0.15, -0.1) is 0 Å². The fraction of sp³-hybridized carbons (Fsp3) is 0.680. The van der Waals surface area contributed by atoms with E-state index in [2.05, 4.69) is 20.8 Å². The third kappa shape index (κ3) is 3.40. The first-order valence-corrected chi connectivity index (χ1v) is 11.3. The Bertz CT molecular complexity index is 836. The molecule has 5 nitrogen and oxygen atoms in total. The van der Waals surface area contributed by atoms with Crippen molar-refractivity contribution in [3.8, 4) is 0 Å². The van der Waals surface area contributed by atoms with E-state index in [1.165, 1.54) is 0 Å². The van der Waals surface area contributed by atoms with Gasteiger partial charge >= 0.3 is 11.9 Å². The molecule has 0 N–H and O–H groups in total. The Hall–Kier alpha value is -2.04. The largest absolute Gasteiger partial charge is 0.472 e. The van der Waals surface area contributed by atoms with E-state index in [1.54, 1.807) is 12.5 Å². The maximum Gasteiger partial charge on any atom is 0.334 e. The van der Waals surface area contributed by atoms with Gasteiger partial charge in [0.2, 0.25) is 0 Å². The molecular formula is C25H34O5. The van der Waals surface area contributed by atoms with Gasteiger partial charge in [-0.1, -0.05) is 41.0 Å². The molecule has 2 heterocycles. The van der Waals surface area contributed by atoms with E-state index in [0.717, 1.165) is 37.7 Å². The molecule has 5 heteroatoms. The normalized spacial score (nSPS) is 36.0. The molecule has 0 spiro atoms. The van der Waals surface area contributed by atoms with Gasteiger partial charge in [-0.3, -0.25) is 4.79 Å². The SMILES string of the molecule is CC[C@@H](C)C(=O)O[C@H]1C=C2C(=O)O[C@@H](c3ccoc3)C[C@@H]2[C@@]2(C)CCCC(C)(C)[C@H]12. The highest BCUT2D eigenvalue weighted by atomic mass is 16.6. The molecule has 6 atom stereocenters. The molecule has 0 bridgehead atoms. The molecule has 30 heavy (non-hydrogen) atoms. The minimum atomic E-state index is -0.393. The number of fused-ring (bicyclic) bond motifs is 3. The van der Waals surface area contributed by atoms with Crippen LogP contribution in [0, 0.1) is 28.6 Å². The van der Waals surface area contributed by atoms with Crippen LogP contribution in [0.25, 0.3) is 0 Å². The fourth-order valence-electron chi connectivity index (χ4n) is 6.33. The zero-order chi connectivity index (χ0) is 21.7. The summed E-state index contributed by atoms with van der Waals surface area (Å²) < 4.78 is 17.1. The molecular weight excluding hydrogens is 380 g/mol. The Labute approximate surface area is 179 Å². The van der Waals surface area contributed by atoms with Crippen LogP contribution in [0.4, 0.5) is 0 Å². The Kier molecular flexibility index (Phi) is 5.36. The second kappa shape index (κ2) is 7.58. The fourth-order valence-corrected chi connectivity index (χ4v) is 6.33. The first kappa shape index (κ1) is 21.2. The molecule has 0 amide bonds. The van der Waals surface area contributed by atoms with Crippen LogP contribution < -0.4 is 0 Å². The van der Waals surface area contributed by atoms with Crippen molar-refractivity contribution in [1.82, 2.24) is 0 Å². The lowest BCUT2D eigenvalue weighted by Gasteiger charge is -2.59. The molecule has 1 aliphatic heterocycles. The minimum absolute atomic E-state index is 0.0158. The average molecular weight is 415 g/mol. The summed E-state index contributed by atoms with van der Waals surface area (Å²) in [5.41, 5.74) is 1.48. The van der Waals surface area contributed by atoms with Crippen LogP contribution in [0.5, 0.6) is 0 Å². The van der Waals surface area contributed by atoms with Gasteiger partial charge in [0.15, 0.2) is 0 Å². The smallest absolute Gasteiger partial charge is 0.334 e. The maximum absolute atomic E-state index is 13.1. The highest BCUT2D eigenvalue weighted by molar-refractivity contribution is 5.91. The van der Waals surface area contributed by atoms with E-state index in [0.29, 0.717) is 5.57 Å². The lowest BCUT2D eigenvalue weighted by molar-refractivity contribution is -0.176. The summed E-state index contributed by atoms with van der Waals surface area (Å²) in [7, 11) is 0. The average Bonchev–Trinajstić information content (AvgIpc) is 3.22. The number of carbonyl (C=O) groups excluding carboxylic acids is 2. The van der Waals surface area contributed by atoms with Gasteiger partial charge in [0, 0.05) is 23.0 Å². The standard InChI is InChI=1S/C25H34O5/c1-6-15(2)22(26)30-20-12-17-18(25(5)10-7-9-24(3,4)21(20)25)13-19(29-23(17)27)16-8-11-28-14-16/h8,11-12,14-15,18-21H,6-7,9-10,13H2,1-5H3/t15-,18+,19-,20+,21+,25-/m1/s1. The molecule has 164 valence electrons. The summed E-state index contributed by atoms with van der Waals surface area (Å²) in [6, 6.07) is 1.87. The number of ether oxygens (including phenoxy) is 2. The number of hydrogen-bond donors (Lipinski definition) is 0. The van der Waals surface area contributed by atoms with Gasteiger partial charge in [-0.2, -0.15) is 0 Å². The van der Waals surface area contributed by atoms with Crippen LogP contribution in [0.3, 0.4) is 0 Å².